The molecule has 0 saturated carbocycles. The number of ether oxygens (including phenoxy) is 1. The van der Waals surface area contributed by atoms with Crippen molar-refractivity contribution in [3.05, 3.63) is 63.1 Å². The largest absolute Gasteiger partial charge is 0.478 e. The van der Waals surface area contributed by atoms with Gasteiger partial charge in [-0.2, -0.15) is 0 Å². The van der Waals surface area contributed by atoms with Crippen LogP contribution in [0.5, 0.6) is 5.75 Å². The van der Waals surface area contributed by atoms with Crippen LogP contribution in [0, 0.1) is 13.8 Å². The number of hydrogen-bond acceptors (Lipinski definition) is 2. The fraction of sp³-hybridized carbons (Fsp3) is 0.235. The fourth-order valence-corrected chi connectivity index (χ4v) is 2.33. The quantitative estimate of drug-likeness (QED) is 0.860. The van der Waals surface area contributed by atoms with Crippen LogP contribution in [-0.2, 0) is 11.2 Å². The maximum Gasteiger partial charge on any atom is 0.345 e. The van der Waals surface area contributed by atoms with Crippen molar-refractivity contribution in [1.29, 1.82) is 0 Å². The summed E-state index contributed by atoms with van der Waals surface area (Å²) in [7, 11) is 0. The fourth-order valence-electron chi connectivity index (χ4n) is 2.01. The Balaban J connectivity index is 2.17. The third-order valence-electron chi connectivity index (χ3n) is 3.44. The number of aryl methyl sites for hydroxylation is 2. The number of carbonyl (C=O) groups is 1. The number of rotatable bonds is 5. The first-order chi connectivity index (χ1) is 10.4. The summed E-state index contributed by atoms with van der Waals surface area (Å²) in [5, 5.41) is 10.2. The van der Waals surface area contributed by atoms with Crippen molar-refractivity contribution in [3.8, 4) is 5.75 Å². The van der Waals surface area contributed by atoms with Gasteiger partial charge in [0.15, 0.2) is 6.10 Å². The topological polar surface area (TPSA) is 46.5 Å². The third-order valence-corrected chi connectivity index (χ3v) is 4.18. The number of carboxylic acid groups (broad SMARTS) is 1. The summed E-state index contributed by atoms with van der Waals surface area (Å²) in [5.41, 5.74) is 2.94. The molecule has 0 amide bonds. The zero-order chi connectivity index (χ0) is 16.3. The molecule has 1 unspecified atom stereocenters. The normalized spacial score (nSPS) is 12.0. The van der Waals surface area contributed by atoms with Crippen LogP contribution in [0.15, 0.2) is 36.4 Å². The molecule has 3 nitrogen and oxygen atoms in total. The van der Waals surface area contributed by atoms with Gasteiger partial charge in [-0.05, 0) is 54.8 Å². The summed E-state index contributed by atoms with van der Waals surface area (Å²) in [4.78, 5) is 11.4. The second-order valence-corrected chi connectivity index (χ2v) is 5.96. The first kappa shape index (κ1) is 16.7. The molecule has 0 spiro atoms. The molecule has 0 heterocycles. The van der Waals surface area contributed by atoms with Crippen LogP contribution >= 0.6 is 23.2 Å². The summed E-state index contributed by atoms with van der Waals surface area (Å²) in [6.45, 7) is 3.94. The Morgan fingerprint density at radius 3 is 2.41 bits per heavy atom. The van der Waals surface area contributed by atoms with Gasteiger partial charge >= 0.3 is 5.97 Å². The highest BCUT2D eigenvalue weighted by atomic mass is 35.5. The molecular formula is C17H16Cl2O3. The lowest BCUT2D eigenvalue weighted by atomic mass is 10.1. The van der Waals surface area contributed by atoms with E-state index in [1.165, 1.54) is 0 Å². The lowest BCUT2D eigenvalue weighted by Crippen LogP contribution is -2.29. The van der Waals surface area contributed by atoms with E-state index in [9.17, 15) is 9.90 Å². The molecule has 1 atom stereocenters. The zero-order valence-corrected chi connectivity index (χ0v) is 13.8. The van der Waals surface area contributed by atoms with Crippen LogP contribution in [0.3, 0.4) is 0 Å². The molecule has 0 saturated heterocycles. The van der Waals surface area contributed by atoms with E-state index in [1.807, 2.05) is 26.0 Å². The van der Waals surface area contributed by atoms with Crippen molar-refractivity contribution in [2.24, 2.45) is 0 Å². The smallest absolute Gasteiger partial charge is 0.345 e. The lowest BCUT2D eigenvalue weighted by Gasteiger charge is -2.16. The molecule has 5 heteroatoms. The van der Waals surface area contributed by atoms with E-state index in [0.29, 0.717) is 15.8 Å². The van der Waals surface area contributed by atoms with Crippen molar-refractivity contribution in [2.45, 2.75) is 26.4 Å². The van der Waals surface area contributed by atoms with Crippen LogP contribution in [0.4, 0.5) is 0 Å². The first-order valence-electron chi connectivity index (χ1n) is 6.77. The minimum Gasteiger partial charge on any atom is -0.478 e. The average molecular weight is 339 g/mol. The third kappa shape index (κ3) is 4.15. The van der Waals surface area contributed by atoms with Crippen LogP contribution in [0.25, 0.3) is 0 Å². The summed E-state index contributed by atoms with van der Waals surface area (Å²) >= 11 is 11.8. The van der Waals surface area contributed by atoms with Crippen LogP contribution in [-0.4, -0.2) is 17.2 Å². The van der Waals surface area contributed by atoms with Gasteiger partial charge in [0.1, 0.15) is 5.75 Å². The van der Waals surface area contributed by atoms with Crippen molar-refractivity contribution in [1.82, 2.24) is 0 Å². The Morgan fingerprint density at radius 1 is 1.09 bits per heavy atom. The molecule has 116 valence electrons. The highest BCUT2D eigenvalue weighted by Gasteiger charge is 2.20. The van der Waals surface area contributed by atoms with E-state index in [0.717, 1.165) is 16.7 Å². The summed E-state index contributed by atoms with van der Waals surface area (Å²) < 4.78 is 5.61. The van der Waals surface area contributed by atoms with Gasteiger partial charge in [0, 0.05) is 6.42 Å². The molecule has 0 bridgehead atoms. The average Bonchev–Trinajstić information content (AvgIpc) is 2.46. The number of halogens is 2. The second-order valence-electron chi connectivity index (χ2n) is 5.14. The van der Waals surface area contributed by atoms with Gasteiger partial charge < -0.3 is 9.84 Å². The Bertz CT molecular complexity index is 645. The Morgan fingerprint density at radius 2 is 1.82 bits per heavy atom. The van der Waals surface area contributed by atoms with Gasteiger partial charge in [0.2, 0.25) is 0 Å². The molecule has 2 aromatic rings. The van der Waals surface area contributed by atoms with E-state index in [2.05, 4.69) is 0 Å². The molecule has 0 aliphatic rings. The minimum absolute atomic E-state index is 0.207. The standard InChI is InChI=1S/C17H16Cl2O3/c1-10-3-5-13(7-11(10)2)22-16(17(20)21)9-12-4-6-14(18)15(19)8-12/h3-8,16H,9H2,1-2H3,(H,20,21). The first-order valence-corrected chi connectivity index (χ1v) is 7.53. The molecule has 2 rings (SSSR count). The molecule has 0 aliphatic carbocycles. The maximum atomic E-state index is 11.4. The van der Waals surface area contributed by atoms with Gasteiger partial charge in [0.05, 0.1) is 10.0 Å². The summed E-state index contributed by atoms with van der Waals surface area (Å²) in [6, 6.07) is 10.6. The lowest BCUT2D eigenvalue weighted by molar-refractivity contribution is -0.145. The molecule has 0 fully saturated rings. The number of carboxylic acids is 1. The number of aliphatic carboxylic acids is 1. The van der Waals surface area contributed by atoms with Crippen molar-refractivity contribution in [2.75, 3.05) is 0 Å². The molecule has 0 aliphatic heterocycles. The van der Waals surface area contributed by atoms with Crippen molar-refractivity contribution >= 4 is 29.2 Å². The van der Waals surface area contributed by atoms with Gasteiger partial charge in [-0.3, -0.25) is 0 Å². The van der Waals surface area contributed by atoms with E-state index >= 15 is 0 Å². The molecule has 2 aromatic carbocycles. The van der Waals surface area contributed by atoms with Gasteiger partial charge in [0.25, 0.3) is 0 Å². The van der Waals surface area contributed by atoms with E-state index < -0.39 is 12.1 Å². The van der Waals surface area contributed by atoms with Crippen LogP contribution in [0.2, 0.25) is 10.0 Å². The Hall–Kier alpha value is -1.71. The van der Waals surface area contributed by atoms with Crippen molar-refractivity contribution < 1.29 is 14.6 Å². The monoisotopic (exact) mass is 338 g/mol. The van der Waals surface area contributed by atoms with E-state index in [4.69, 9.17) is 27.9 Å². The SMILES string of the molecule is Cc1ccc(OC(Cc2ccc(Cl)c(Cl)c2)C(=O)O)cc1C. The number of benzene rings is 2. The highest BCUT2D eigenvalue weighted by molar-refractivity contribution is 6.42. The van der Waals surface area contributed by atoms with E-state index in [-0.39, 0.29) is 6.42 Å². The van der Waals surface area contributed by atoms with Gasteiger partial charge in [-0.15, -0.1) is 0 Å². The predicted molar refractivity (Wildman–Crippen MR) is 88.1 cm³/mol. The van der Waals surface area contributed by atoms with Crippen LogP contribution in [0.1, 0.15) is 16.7 Å². The number of hydrogen-bond donors (Lipinski definition) is 1. The molecule has 0 radical (unpaired) electrons. The molecule has 1 N–H and O–H groups in total. The van der Waals surface area contributed by atoms with Crippen molar-refractivity contribution in [3.63, 3.8) is 0 Å². The highest BCUT2D eigenvalue weighted by Crippen LogP contribution is 2.24. The minimum atomic E-state index is -1.02. The summed E-state index contributed by atoms with van der Waals surface area (Å²) in [6.07, 6.45) is -0.779. The Kier molecular flexibility index (Phi) is 5.33. The molecule has 22 heavy (non-hydrogen) atoms. The van der Waals surface area contributed by atoms with E-state index in [1.54, 1.807) is 24.3 Å². The molecular weight excluding hydrogens is 323 g/mol. The predicted octanol–water partition coefficient (Wildman–Crippen LogP) is 4.68. The van der Waals surface area contributed by atoms with Crippen LogP contribution < -0.4 is 4.74 Å². The molecule has 0 aromatic heterocycles. The Labute approximate surface area is 139 Å². The summed E-state index contributed by atoms with van der Waals surface area (Å²) in [5.74, 6) is -0.486. The zero-order valence-electron chi connectivity index (χ0n) is 12.3. The van der Waals surface area contributed by atoms with Gasteiger partial charge in [-0.1, -0.05) is 35.3 Å². The van der Waals surface area contributed by atoms with Gasteiger partial charge in [-0.25, -0.2) is 4.79 Å². The maximum absolute atomic E-state index is 11.4. The second kappa shape index (κ2) is 7.03.